The maximum Gasteiger partial charge on any atom is 0.273 e. The van der Waals surface area contributed by atoms with Gasteiger partial charge in [0.1, 0.15) is 10.7 Å². The van der Waals surface area contributed by atoms with E-state index in [2.05, 4.69) is 15.2 Å². The average Bonchev–Trinajstić information content (AvgIpc) is 3.42. The van der Waals surface area contributed by atoms with Crippen LogP contribution >= 0.6 is 22.7 Å². The number of hydrogen-bond donors (Lipinski definition) is 1. The lowest BCUT2D eigenvalue weighted by Crippen LogP contribution is -2.50. The molecule has 4 rings (SSSR count). The first-order valence-electron chi connectivity index (χ1n) is 9.88. The second-order valence-corrected chi connectivity index (χ2v) is 9.20. The van der Waals surface area contributed by atoms with Gasteiger partial charge in [-0.2, -0.15) is 0 Å². The number of anilines is 1. The summed E-state index contributed by atoms with van der Waals surface area (Å²) in [7, 11) is 0. The van der Waals surface area contributed by atoms with Gasteiger partial charge in [-0.05, 0) is 36.4 Å². The van der Waals surface area contributed by atoms with Crippen molar-refractivity contribution < 1.29 is 9.59 Å². The predicted octanol–water partition coefficient (Wildman–Crippen LogP) is 3.88. The SMILES string of the molecule is Cc1cccc(C)c1NC(=O)CN1CCN(C(=O)c2csc(-c3cccs3)n2)CC1. The molecule has 0 aliphatic carbocycles. The van der Waals surface area contributed by atoms with Crippen LogP contribution in [0.4, 0.5) is 5.69 Å². The molecule has 1 N–H and O–H groups in total. The summed E-state index contributed by atoms with van der Waals surface area (Å²) in [6, 6.07) is 9.98. The smallest absolute Gasteiger partial charge is 0.273 e. The molecule has 3 heterocycles. The molecule has 1 saturated heterocycles. The van der Waals surface area contributed by atoms with Crippen LogP contribution < -0.4 is 5.32 Å². The van der Waals surface area contributed by atoms with Crippen LogP contribution in [0.15, 0.2) is 41.1 Å². The Morgan fingerprint density at radius 2 is 1.77 bits per heavy atom. The van der Waals surface area contributed by atoms with Crippen molar-refractivity contribution in [3.63, 3.8) is 0 Å². The van der Waals surface area contributed by atoms with Crippen LogP contribution in [-0.4, -0.2) is 59.3 Å². The zero-order valence-electron chi connectivity index (χ0n) is 17.1. The second kappa shape index (κ2) is 9.07. The Morgan fingerprint density at radius 3 is 2.43 bits per heavy atom. The van der Waals surface area contributed by atoms with Gasteiger partial charge in [-0.1, -0.05) is 24.3 Å². The van der Waals surface area contributed by atoms with Crippen molar-refractivity contribution in [2.45, 2.75) is 13.8 Å². The van der Waals surface area contributed by atoms with E-state index in [1.165, 1.54) is 11.3 Å². The van der Waals surface area contributed by atoms with Crippen molar-refractivity contribution in [2.24, 2.45) is 0 Å². The summed E-state index contributed by atoms with van der Waals surface area (Å²) in [5.41, 5.74) is 3.51. The third kappa shape index (κ3) is 4.61. The number of nitrogens with zero attached hydrogens (tertiary/aromatic N) is 3. The Morgan fingerprint density at radius 1 is 1.03 bits per heavy atom. The van der Waals surface area contributed by atoms with Gasteiger partial charge in [0.2, 0.25) is 5.91 Å². The van der Waals surface area contributed by atoms with Crippen LogP contribution in [0.25, 0.3) is 9.88 Å². The monoisotopic (exact) mass is 440 g/mol. The number of thiazole rings is 1. The maximum atomic E-state index is 12.8. The van der Waals surface area contributed by atoms with E-state index in [4.69, 9.17) is 0 Å². The molecule has 1 fully saturated rings. The molecule has 8 heteroatoms. The molecule has 0 atom stereocenters. The Hall–Kier alpha value is -2.55. The van der Waals surface area contributed by atoms with E-state index in [1.807, 2.05) is 59.8 Å². The lowest BCUT2D eigenvalue weighted by Gasteiger charge is -2.34. The number of rotatable bonds is 5. The fraction of sp³-hybridized carbons (Fsp3) is 0.318. The molecule has 1 aliphatic heterocycles. The largest absolute Gasteiger partial charge is 0.335 e. The fourth-order valence-electron chi connectivity index (χ4n) is 3.55. The van der Waals surface area contributed by atoms with Gasteiger partial charge in [-0.25, -0.2) is 4.98 Å². The number of hydrogen-bond acceptors (Lipinski definition) is 6. The number of amides is 2. The minimum atomic E-state index is -0.0336. The summed E-state index contributed by atoms with van der Waals surface area (Å²) in [5.74, 6) is -0.0547. The van der Waals surface area contributed by atoms with Crippen LogP contribution in [0.2, 0.25) is 0 Å². The quantitative estimate of drug-likeness (QED) is 0.654. The van der Waals surface area contributed by atoms with Crippen molar-refractivity contribution in [2.75, 3.05) is 38.0 Å². The highest BCUT2D eigenvalue weighted by atomic mass is 32.1. The first kappa shape index (κ1) is 20.7. The fourth-order valence-corrected chi connectivity index (χ4v) is 5.16. The minimum Gasteiger partial charge on any atom is -0.335 e. The van der Waals surface area contributed by atoms with E-state index in [0.29, 0.717) is 38.4 Å². The number of carbonyl (C=O) groups is 2. The van der Waals surface area contributed by atoms with Gasteiger partial charge in [-0.3, -0.25) is 14.5 Å². The Labute approximate surface area is 184 Å². The Bertz CT molecular complexity index is 1020. The van der Waals surface area contributed by atoms with E-state index >= 15 is 0 Å². The van der Waals surface area contributed by atoms with Crippen LogP contribution in [0.1, 0.15) is 21.6 Å². The van der Waals surface area contributed by atoms with Gasteiger partial charge in [0.15, 0.2) is 0 Å². The van der Waals surface area contributed by atoms with Gasteiger partial charge in [0.05, 0.1) is 11.4 Å². The van der Waals surface area contributed by atoms with Gasteiger partial charge in [-0.15, -0.1) is 22.7 Å². The summed E-state index contributed by atoms with van der Waals surface area (Å²) in [4.78, 5) is 34.8. The van der Waals surface area contributed by atoms with Crippen molar-refractivity contribution in [1.82, 2.24) is 14.8 Å². The zero-order chi connectivity index (χ0) is 21.1. The average molecular weight is 441 g/mol. The maximum absolute atomic E-state index is 12.8. The van der Waals surface area contributed by atoms with Gasteiger partial charge >= 0.3 is 0 Å². The minimum absolute atomic E-state index is 0.0210. The molecule has 0 unspecified atom stereocenters. The van der Waals surface area contributed by atoms with Gasteiger partial charge < -0.3 is 10.2 Å². The Kier molecular flexibility index (Phi) is 6.26. The topological polar surface area (TPSA) is 65.5 Å². The van der Waals surface area contributed by atoms with E-state index in [-0.39, 0.29) is 11.8 Å². The number of piperazine rings is 1. The molecule has 0 saturated carbocycles. The van der Waals surface area contributed by atoms with E-state index < -0.39 is 0 Å². The summed E-state index contributed by atoms with van der Waals surface area (Å²) in [5, 5.41) is 7.76. The number of aromatic nitrogens is 1. The number of thiophene rings is 1. The molecule has 156 valence electrons. The number of para-hydroxylation sites is 1. The number of nitrogens with one attached hydrogen (secondary N) is 1. The summed E-state index contributed by atoms with van der Waals surface area (Å²) in [6.45, 7) is 6.87. The number of aryl methyl sites for hydroxylation is 2. The normalized spacial score (nSPS) is 14.7. The molecule has 30 heavy (non-hydrogen) atoms. The third-order valence-electron chi connectivity index (χ3n) is 5.23. The molecule has 3 aromatic rings. The summed E-state index contributed by atoms with van der Waals surface area (Å²) >= 11 is 3.12. The van der Waals surface area contributed by atoms with Gasteiger partial charge in [0.25, 0.3) is 5.91 Å². The van der Waals surface area contributed by atoms with E-state index in [0.717, 1.165) is 26.7 Å². The zero-order valence-corrected chi connectivity index (χ0v) is 18.7. The van der Waals surface area contributed by atoms with E-state index in [9.17, 15) is 9.59 Å². The highest BCUT2D eigenvalue weighted by molar-refractivity contribution is 7.20. The van der Waals surface area contributed by atoms with Crippen LogP contribution in [0.5, 0.6) is 0 Å². The molecule has 1 aromatic carbocycles. The molecular formula is C22H24N4O2S2. The van der Waals surface area contributed by atoms with Crippen molar-refractivity contribution in [1.29, 1.82) is 0 Å². The first-order chi connectivity index (χ1) is 14.5. The van der Waals surface area contributed by atoms with Crippen LogP contribution in [-0.2, 0) is 4.79 Å². The summed E-state index contributed by atoms with van der Waals surface area (Å²) < 4.78 is 0. The number of carbonyl (C=O) groups excluding carboxylic acids is 2. The van der Waals surface area contributed by atoms with Gasteiger partial charge in [0, 0.05) is 37.2 Å². The molecule has 0 bridgehead atoms. The molecule has 0 radical (unpaired) electrons. The Balaban J connectivity index is 1.29. The van der Waals surface area contributed by atoms with Crippen LogP contribution in [0, 0.1) is 13.8 Å². The highest BCUT2D eigenvalue weighted by Crippen LogP contribution is 2.28. The number of benzene rings is 1. The van der Waals surface area contributed by atoms with Crippen molar-refractivity contribution in [3.8, 4) is 9.88 Å². The second-order valence-electron chi connectivity index (χ2n) is 7.40. The lowest BCUT2D eigenvalue weighted by molar-refractivity contribution is -0.117. The molecular weight excluding hydrogens is 416 g/mol. The molecule has 2 amide bonds. The highest BCUT2D eigenvalue weighted by Gasteiger charge is 2.25. The first-order valence-corrected chi connectivity index (χ1v) is 11.6. The predicted molar refractivity (Wildman–Crippen MR) is 122 cm³/mol. The van der Waals surface area contributed by atoms with Crippen molar-refractivity contribution >= 4 is 40.2 Å². The van der Waals surface area contributed by atoms with E-state index in [1.54, 1.807) is 11.3 Å². The standard InChI is InChI=1S/C22H24N4O2S2/c1-15-5-3-6-16(2)20(15)24-19(27)13-25-8-10-26(11-9-25)22(28)17-14-30-21(23-17)18-7-4-12-29-18/h3-7,12,14H,8-11,13H2,1-2H3,(H,24,27). The third-order valence-corrected chi connectivity index (χ3v) is 7.11. The molecule has 1 aliphatic rings. The molecule has 0 spiro atoms. The molecule has 2 aromatic heterocycles. The lowest BCUT2D eigenvalue weighted by atomic mass is 10.1. The molecule has 6 nitrogen and oxygen atoms in total. The summed E-state index contributed by atoms with van der Waals surface area (Å²) in [6.07, 6.45) is 0. The van der Waals surface area contributed by atoms with Crippen LogP contribution in [0.3, 0.4) is 0 Å². The van der Waals surface area contributed by atoms with Crippen molar-refractivity contribution in [3.05, 3.63) is 57.9 Å².